The van der Waals surface area contributed by atoms with Gasteiger partial charge in [0.05, 0.1) is 5.56 Å². The lowest BCUT2D eigenvalue weighted by Gasteiger charge is -2.32. The molecule has 0 bridgehead atoms. The van der Waals surface area contributed by atoms with Crippen molar-refractivity contribution >= 4 is 5.91 Å². The zero-order valence-corrected chi connectivity index (χ0v) is 12.0. The number of carbonyl (C=O) groups is 1. The number of nitrogens with two attached hydrogens (primary N) is 1. The number of nitrogens with zero attached hydrogens (tertiary/aromatic N) is 1. The number of carbonyl (C=O) groups excluding carboxylic acids is 1. The highest BCUT2D eigenvalue weighted by molar-refractivity contribution is 5.73. The molecule has 0 spiro atoms. The molecule has 3 nitrogen and oxygen atoms in total. The number of hydrogen-bond acceptors (Lipinski definition) is 2. The Kier molecular flexibility index (Phi) is 5.05. The maximum Gasteiger partial charge on any atom is 0.416 e. The predicted molar refractivity (Wildman–Crippen MR) is 73.2 cm³/mol. The van der Waals surface area contributed by atoms with Crippen molar-refractivity contribution < 1.29 is 22.4 Å². The number of piperidine rings is 1. The molecule has 1 aromatic rings. The third kappa shape index (κ3) is 4.43. The fourth-order valence-electron chi connectivity index (χ4n) is 2.82. The Labute approximate surface area is 126 Å². The van der Waals surface area contributed by atoms with Gasteiger partial charge in [-0.1, -0.05) is 6.07 Å². The van der Waals surface area contributed by atoms with Crippen LogP contribution in [0, 0.1) is 11.7 Å². The van der Waals surface area contributed by atoms with Crippen molar-refractivity contribution in [2.75, 3.05) is 13.1 Å². The van der Waals surface area contributed by atoms with Gasteiger partial charge in [-0.2, -0.15) is 13.2 Å². The smallest absolute Gasteiger partial charge is 0.370 e. The summed E-state index contributed by atoms with van der Waals surface area (Å²) in [7, 11) is 0. The second-order valence-electron chi connectivity index (χ2n) is 5.69. The third-order valence-corrected chi connectivity index (χ3v) is 3.97. The number of rotatable bonds is 4. The Morgan fingerprint density at radius 3 is 2.45 bits per heavy atom. The molecule has 1 aliphatic heterocycles. The van der Waals surface area contributed by atoms with Gasteiger partial charge in [-0.25, -0.2) is 4.39 Å². The average Bonchev–Trinajstić information content (AvgIpc) is 2.41. The topological polar surface area (TPSA) is 46.3 Å². The van der Waals surface area contributed by atoms with Crippen LogP contribution in [0.2, 0.25) is 0 Å². The lowest BCUT2D eigenvalue weighted by Crippen LogP contribution is -2.35. The van der Waals surface area contributed by atoms with Crippen LogP contribution in [0.15, 0.2) is 18.2 Å². The molecule has 0 radical (unpaired) electrons. The molecule has 1 fully saturated rings. The van der Waals surface area contributed by atoms with Gasteiger partial charge >= 0.3 is 6.18 Å². The standard InChI is InChI=1S/C15H18F4N2O/c16-12-2-1-11(13(8-12)15(17,18)19)9-21-5-3-10(4-6-21)7-14(20)22/h1-2,8,10H,3-7,9H2,(H2,20,22). The molecular weight excluding hydrogens is 300 g/mol. The van der Waals surface area contributed by atoms with Crippen molar-refractivity contribution in [2.45, 2.75) is 32.0 Å². The summed E-state index contributed by atoms with van der Waals surface area (Å²) in [6.45, 7) is 1.33. The van der Waals surface area contributed by atoms with Crippen LogP contribution < -0.4 is 5.73 Å². The summed E-state index contributed by atoms with van der Waals surface area (Å²) in [6.07, 6.45) is -2.79. The highest BCUT2D eigenvalue weighted by Gasteiger charge is 2.34. The monoisotopic (exact) mass is 318 g/mol. The first kappa shape index (κ1) is 16.7. The van der Waals surface area contributed by atoms with E-state index in [1.54, 1.807) is 0 Å². The first-order chi connectivity index (χ1) is 10.3. The second-order valence-corrected chi connectivity index (χ2v) is 5.69. The molecule has 122 valence electrons. The van der Waals surface area contributed by atoms with Crippen molar-refractivity contribution in [3.05, 3.63) is 35.1 Å². The predicted octanol–water partition coefficient (Wildman–Crippen LogP) is 2.93. The van der Waals surface area contributed by atoms with Crippen LogP contribution in [0.25, 0.3) is 0 Å². The fraction of sp³-hybridized carbons (Fsp3) is 0.533. The molecule has 1 heterocycles. The summed E-state index contributed by atoms with van der Waals surface area (Å²) >= 11 is 0. The lowest BCUT2D eigenvalue weighted by molar-refractivity contribution is -0.138. The molecule has 22 heavy (non-hydrogen) atoms. The Morgan fingerprint density at radius 2 is 1.91 bits per heavy atom. The Balaban J connectivity index is 2.02. The van der Waals surface area contributed by atoms with E-state index < -0.39 is 17.6 Å². The SMILES string of the molecule is NC(=O)CC1CCN(Cc2ccc(F)cc2C(F)(F)F)CC1. The second kappa shape index (κ2) is 6.64. The van der Waals surface area contributed by atoms with E-state index in [2.05, 4.69) is 0 Å². The number of hydrogen-bond donors (Lipinski definition) is 1. The minimum Gasteiger partial charge on any atom is -0.370 e. The van der Waals surface area contributed by atoms with E-state index >= 15 is 0 Å². The Bertz CT molecular complexity index is 537. The number of likely N-dealkylation sites (tertiary alicyclic amines) is 1. The molecule has 1 amide bonds. The van der Waals surface area contributed by atoms with Crippen molar-refractivity contribution in [1.29, 1.82) is 0 Å². The number of halogens is 4. The van der Waals surface area contributed by atoms with E-state index in [-0.39, 0.29) is 23.9 Å². The van der Waals surface area contributed by atoms with Crippen molar-refractivity contribution in [3.8, 4) is 0 Å². The van der Waals surface area contributed by atoms with Crippen molar-refractivity contribution in [3.63, 3.8) is 0 Å². The summed E-state index contributed by atoms with van der Waals surface area (Å²) in [4.78, 5) is 12.8. The minimum atomic E-state index is -4.57. The zero-order valence-electron chi connectivity index (χ0n) is 12.0. The molecular formula is C15H18F4N2O. The van der Waals surface area contributed by atoms with Gasteiger partial charge in [0, 0.05) is 13.0 Å². The summed E-state index contributed by atoms with van der Waals surface area (Å²) in [5.41, 5.74) is 4.30. The van der Waals surface area contributed by atoms with Crippen LogP contribution in [0.1, 0.15) is 30.4 Å². The Hall–Kier alpha value is -1.63. The van der Waals surface area contributed by atoms with E-state index in [0.29, 0.717) is 25.6 Å². The van der Waals surface area contributed by atoms with Gasteiger partial charge < -0.3 is 5.73 Å². The quantitative estimate of drug-likeness (QED) is 0.868. The van der Waals surface area contributed by atoms with Crippen LogP contribution in [0.5, 0.6) is 0 Å². The number of primary amides is 1. The highest BCUT2D eigenvalue weighted by atomic mass is 19.4. The summed E-state index contributed by atoms with van der Waals surface area (Å²) in [5, 5.41) is 0. The summed E-state index contributed by atoms with van der Waals surface area (Å²) in [5.74, 6) is -1.04. The third-order valence-electron chi connectivity index (χ3n) is 3.97. The first-order valence-corrected chi connectivity index (χ1v) is 7.12. The van der Waals surface area contributed by atoms with Crippen LogP contribution in [-0.4, -0.2) is 23.9 Å². The molecule has 1 aromatic carbocycles. The first-order valence-electron chi connectivity index (χ1n) is 7.12. The van der Waals surface area contributed by atoms with Crippen LogP contribution in [-0.2, 0) is 17.5 Å². The molecule has 0 saturated carbocycles. The highest BCUT2D eigenvalue weighted by Crippen LogP contribution is 2.33. The van der Waals surface area contributed by atoms with Crippen LogP contribution in [0.3, 0.4) is 0 Å². The lowest BCUT2D eigenvalue weighted by atomic mass is 9.93. The van der Waals surface area contributed by atoms with E-state index in [9.17, 15) is 22.4 Å². The molecule has 7 heteroatoms. The molecule has 0 aliphatic carbocycles. The van der Waals surface area contributed by atoms with Gasteiger partial charge in [0.2, 0.25) is 5.91 Å². The molecule has 0 atom stereocenters. The van der Waals surface area contributed by atoms with Gasteiger partial charge in [-0.05, 0) is 49.5 Å². The largest absolute Gasteiger partial charge is 0.416 e. The van der Waals surface area contributed by atoms with E-state index in [1.807, 2.05) is 4.90 Å². The maximum absolute atomic E-state index is 13.1. The Morgan fingerprint density at radius 1 is 1.27 bits per heavy atom. The van der Waals surface area contributed by atoms with Gasteiger partial charge in [0.1, 0.15) is 5.82 Å². The molecule has 0 aromatic heterocycles. The molecule has 1 saturated heterocycles. The molecule has 1 aliphatic rings. The van der Waals surface area contributed by atoms with E-state index in [4.69, 9.17) is 5.73 Å². The number of benzene rings is 1. The number of alkyl halides is 3. The van der Waals surface area contributed by atoms with E-state index in [1.165, 1.54) is 6.07 Å². The summed E-state index contributed by atoms with van der Waals surface area (Å²) < 4.78 is 51.9. The van der Waals surface area contributed by atoms with Crippen molar-refractivity contribution in [2.24, 2.45) is 11.7 Å². The van der Waals surface area contributed by atoms with Gasteiger partial charge in [-0.3, -0.25) is 9.69 Å². The van der Waals surface area contributed by atoms with Gasteiger partial charge in [0.25, 0.3) is 0 Å². The van der Waals surface area contributed by atoms with Gasteiger partial charge in [-0.15, -0.1) is 0 Å². The fourth-order valence-corrected chi connectivity index (χ4v) is 2.82. The van der Waals surface area contributed by atoms with Gasteiger partial charge in [0.15, 0.2) is 0 Å². The molecule has 2 N–H and O–H groups in total. The normalized spacial score (nSPS) is 17.6. The van der Waals surface area contributed by atoms with Crippen LogP contribution in [0.4, 0.5) is 17.6 Å². The van der Waals surface area contributed by atoms with Crippen LogP contribution >= 0.6 is 0 Å². The number of amides is 1. The zero-order chi connectivity index (χ0) is 16.3. The van der Waals surface area contributed by atoms with E-state index in [0.717, 1.165) is 18.9 Å². The minimum absolute atomic E-state index is 0.0715. The molecule has 2 rings (SSSR count). The van der Waals surface area contributed by atoms with Crippen molar-refractivity contribution in [1.82, 2.24) is 4.90 Å². The summed E-state index contributed by atoms with van der Waals surface area (Å²) in [6, 6.07) is 2.77. The maximum atomic E-state index is 13.1. The molecule has 0 unspecified atom stereocenters. The average molecular weight is 318 g/mol.